The number of hydrogen-bond acceptors (Lipinski definition) is 3. The van der Waals surface area contributed by atoms with E-state index in [-0.39, 0.29) is 17.9 Å². The third-order valence-electron chi connectivity index (χ3n) is 2.48. The summed E-state index contributed by atoms with van der Waals surface area (Å²) in [6.45, 7) is 0.126. The van der Waals surface area contributed by atoms with Crippen LogP contribution >= 0.6 is 0 Å². The van der Waals surface area contributed by atoms with E-state index in [1.807, 2.05) is 0 Å². The maximum Gasteiger partial charge on any atom is 0.139 e. The largest absolute Gasteiger partial charge is 0.493 e. The van der Waals surface area contributed by atoms with Gasteiger partial charge in [-0.15, -0.1) is 0 Å². The van der Waals surface area contributed by atoms with Gasteiger partial charge in [-0.2, -0.15) is 0 Å². The molecule has 0 radical (unpaired) electrons. The quantitative estimate of drug-likeness (QED) is 0.770. The van der Waals surface area contributed by atoms with Crippen LogP contribution in [0.5, 0.6) is 5.75 Å². The molecule has 0 aromatic heterocycles. The highest BCUT2D eigenvalue weighted by Crippen LogP contribution is 2.33. The number of hydrogen-bond donors (Lipinski definition) is 2. The van der Waals surface area contributed by atoms with Gasteiger partial charge in [0, 0.05) is 24.6 Å². The third kappa shape index (κ3) is 1.57. The Kier molecular flexibility index (Phi) is 2.58. The lowest BCUT2D eigenvalue weighted by molar-refractivity contribution is 0.176. The van der Waals surface area contributed by atoms with Gasteiger partial charge in [-0.1, -0.05) is 0 Å². The molecular weight excluding hydrogens is 204 g/mol. The van der Waals surface area contributed by atoms with Crippen molar-refractivity contribution in [2.45, 2.75) is 12.5 Å². The number of halogens is 2. The molecule has 1 unspecified atom stereocenters. The summed E-state index contributed by atoms with van der Waals surface area (Å²) in [6, 6.07) is 1.10. The first-order chi connectivity index (χ1) is 7.15. The number of nitrogens with two attached hydrogens (primary N) is 1. The number of ether oxygens (including phenoxy) is 1. The van der Waals surface area contributed by atoms with Crippen LogP contribution in [0.3, 0.4) is 0 Å². The molecule has 15 heavy (non-hydrogen) atoms. The van der Waals surface area contributed by atoms with Crippen molar-refractivity contribution >= 4 is 0 Å². The third-order valence-corrected chi connectivity index (χ3v) is 2.48. The summed E-state index contributed by atoms with van der Waals surface area (Å²) in [5.41, 5.74) is 5.13. The minimum Gasteiger partial charge on any atom is -0.493 e. The number of fused-ring (bicyclic) bond motifs is 1. The van der Waals surface area contributed by atoms with E-state index in [2.05, 4.69) is 0 Å². The van der Waals surface area contributed by atoms with Crippen LogP contribution in [-0.4, -0.2) is 18.3 Å². The van der Waals surface area contributed by atoms with Crippen LogP contribution in [0.25, 0.3) is 0 Å². The molecule has 0 fully saturated rings. The van der Waals surface area contributed by atoms with E-state index < -0.39 is 17.7 Å². The molecule has 1 heterocycles. The number of benzene rings is 1. The SMILES string of the molecule is NCC(O)c1c(F)cc2c(c1F)CCO2. The van der Waals surface area contributed by atoms with Gasteiger partial charge in [0.1, 0.15) is 17.4 Å². The molecule has 1 aromatic carbocycles. The van der Waals surface area contributed by atoms with E-state index in [9.17, 15) is 13.9 Å². The predicted octanol–water partition coefficient (Wildman–Crippen LogP) is 0.892. The summed E-state index contributed by atoms with van der Waals surface area (Å²) in [4.78, 5) is 0. The van der Waals surface area contributed by atoms with Crippen LogP contribution < -0.4 is 10.5 Å². The first-order valence-corrected chi connectivity index (χ1v) is 4.67. The maximum atomic E-state index is 13.7. The summed E-state index contributed by atoms with van der Waals surface area (Å²) in [6.07, 6.45) is -0.915. The first kappa shape index (κ1) is 10.3. The van der Waals surface area contributed by atoms with Crippen molar-refractivity contribution in [2.24, 2.45) is 5.73 Å². The molecule has 5 heteroatoms. The predicted molar refractivity (Wildman–Crippen MR) is 49.6 cm³/mol. The molecule has 1 atom stereocenters. The summed E-state index contributed by atoms with van der Waals surface area (Å²) in [7, 11) is 0. The molecular formula is C10H11F2NO2. The van der Waals surface area contributed by atoms with Crippen LogP contribution in [0.2, 0.25) is 0 Å². The summed E-state index contributed by atoms with van der Waals surface area (Å²) >= 11 is 0. The first-order valence-electron chi connectivity index (χ1n) is 4.67. The van der Waals surface area contributed by atoms with Crippen LogP contribution in [0.1, 0.15) is 17.2 Å². The van der Waals surface area contributed by atoms with Crippen LogP contribution in [0, 0.1) is 11.6 Å². The molecule has 0 saturated carbocycles. The van der Waals surface area contributed by atoms with Gasteiger partial charge in [0.2, 0.25) is 0 Å². The lowest BCUT2D eigenvalue weighted by Gasteiger charge is -2.12. The minimum absolute atomic E-state index is 0.215. The molecule has 82 valence electrons. The maximum absolute atomic E-state index is 13.7. The van der Waals surface area contributed by atoms with Gasteiger partial charge in [0.05, 0.1) is 18.3 Å². The summed E-state index contributed by atoms with van der Waals surface area (Å²) in [5, 5.41) is 9.38. The lowest BCUT2D eigenvalue weighted by Crippen LogP contribution is -2.15. The van der Waals surface area contributed by atoms with Crippen molar-refractivity contribution in [1.82, 2.24) is 0 Å². The number of aliphatic hydroxyl groups excluding tert-OH is 1. The van der Waals surface area contributed by atoms with Crippen molar-refractivity contribution in [3.63, 3.8) is 0 Å². The Morgan fingerprint density at radius 3 is 2.93 bits per heavy atom. The lowest BCUT2D eigenvalue weighted by atomic mass is 10.0. The molecule has 2 rings (SSSR count). The second kappa shape index (κ2) is 3.75. The average Bonchev–Trinajstić information content (AvgIpc) is 2.65. The molecule has 0 spiro atoms. The Bertz CT molecular complexity index is 395. The fraction of sp³-hybridized carbons (Fsp3) is 0.400. The highest BCUT2D eigenvalue weighted by Gasteiger charge is 2.26. The Balaban J connectivity index is 2.56. The second-order valence-electron chi connectivity index (χ2n) is 3.41. The summed E-state index contributed by atoms with van der Waals surface area (Å²) < 4.78 is 32.2. The van der Waals surface area contributed by atoms with Crippen molar-refractivity contribution in [3.8, 4) is 5.75 Å². The van der Waals surface area contributed by atoms with Crippen molar-refractivity contribution < 1.29 is 18.6 Å². The van der Waals surface area contributed by atoms with Crippen LogP contribution in [0.4, 0.5) is 8.78 Å². The van der Waals surface area contributed by atoms with Gasteiger partial charge >= 0.3 is 0 Å². The van der Waals surface area contributed by atoms with E-state index in [0.29, 0.717) is 18.6 Å². The van der Waals surface area contributed by atoms with E-state index in [0.717, 1.165) is 6.07 Å². The zero-order valence-electron chi connectivity index (χ0n) is 7.96. The van der Waals surface area contributed by atoms with E-state index in [1.54, 1.807) is 0 Å². The summed E-state index contributed by atoms with van der Waals surface area (Å²) in [5.74, 6) is -1.33. The number of aliphatic hydroxyl groups is 1. The number of rotatable bonds is 2. The molecule has 3 nitrogen and oxygen atoms in total. The van der Waals surface area contributed by atoms with Gasteiger partial charge in [0.15, 0.2) is 0 Å². The van der Waals surface area contributed by atoms with Gasteiger partial charge in [-0.05, 0) is 0 Å². The minimum atomic E-state index is -1.31. The zero-order valence-corrected chi connectivity index (χ0v) is 7.96. The highest BCUT2D eigenvalue weighted by atomic mass is 19.1. The van der Waals surface area contributed by atoms with Crippen LogP contribution in [-0.2, 0) is 6.42 Å². The van der Waals surface area contributed by atoms with E-state index in [4.69, 9.17) is 10.5 Å². The molecule has 0 amide bonds. The molecule has 0 aliphatic carbocycles. The molecule has 0 bridgehead atoms. The van der Waals surface area contributed by atoms with Gasteiger partial charge in [0.25, 0.3) is 0 Å². The monoisotopic (exact) mass is 215 g/mol. The molecule has 0 saturated heterocycles. The normalized spacial score (nSPS) is 16.0. The van der Waals surface area contributed by atoms with Crippen molar-refractivity contribution in [3.05, 3.63) is 28.8 Å². The smallest absolute Gasteiger partial charge is 0.139 e. The van der Waals surface area contributed by atoms with E-state index in [1.165, 1.54) is 0 Å². The second-order valence-corrected chi connectivity index (χ2v) is 3.41. The Hall–Kier alpha value is -1.20. The standard InChI is InChI=1S/C10H11F2NO2/c11-6-3-8-5(1-2-15-8)10(12)9(6)7(14)4-13/h3,7,14H,1-2,4,13H2. The molecule has 1 aliphatic heterocycles. The Morgan fingerprint density at radius 2 is 2.27 bits per heavy atom. The fourth-order valence-corrected chi connectivity index (χ4v) is 1.70. The van der Waals surface area contributed by atoms with Gasteiger partial charge in [-0.25, -0.2) is 8.78 Å². The highest BCUT2D eigenvalue weighted by molar-refractivity contribution is 5.43. The zero-order chi connectivity index (χ0) is 11.0. The van der Waals surface area contributed by atoms with Crippen LogP contribution in [0.15, 0.2) is 6.07 Å². The Labute approximate surface area is 85.5 Å². The van der Waals surface area contributed by atoms with Crippen molar-refractivity contribution in [2.75, 3.05) is 13.2 Å². The van der Waals surface area contributed by atoms with Gasteiger partial charge in [-0.3, -0.25) is 0 Å². The Morgan fingerprint density at radius 1 is 1.53 bits per heavy atom. The van der Waals surface area contributed by atoms with Gasteiger partial charge < -0.3 is 15.6 Å². The molecule has 1 aliphatic rings. The van der Waals surface area contributed by atoms with E-state index >= 15 is 0 Å². The molecule has 3 N–H and O–H groups in total. The average molecular weight is 215 g/mol. The molecule has 1 aromatic rings. The topological polar surface area (TPSA) is 55.5 Å². The fourth-order valence-electron chi connectivity index (χ4n) is 1.70. The van der Waals surface area contributed by atoms with Crippen molar-refractivity contribution in [1.29, 1.82) is 0 Å².